The number of hydrogen-bond donors (Lipinski definition) is 0. The normalized spacial score (nSPS) is 21.6. The zero-order valence-electron chi connectivity index (χ0n) is 8.43. The minimum atomic E-state index is -0.105. The number of imidazole rings is 1. The van der Waals surface area contributed by atoms with Gasteiger partial charge < -0.3 is 9.30 Å². The lowest BCUT2D eigenvalue weighted by Gasteiger charge is -2.15. The SMILES string of the molecule is CC(C)n1cncc1C1CCC(=O)O1. The average molecular weight is 194 g/mol. The van der Waals surface area contributed by atoms with Crippen LogP contribution in [-0.2, 0) is 9.53 Å². The number of ether oxygens (including phenoxy) is 1. The third kappa shape index (κ3) is 1.52. The number of cyclic esters (lactones) is 1. The number of carbonyl (C=O) groups excluding carboxylic acids is 1. The number of aromatic nitrogens is 2. The molecule has 0 bridgehead atoms. The van der Waals surface area contributed by atoms with Crippen LogP contribution in [-0.4, -0.2) is 15.5 Å². The Hall–Kier alpha value is -1.32. The molecule has 1 aromatic rings. The molecule has 1 saturated heterocycles. The van der Waals surface area contributed by atoms with Gasteiger partial charge in [0.15, 0.2) is 0 Å². The molecule has 0 aliphatic carbocycles. The van der Waals surface area contributed by atoms with Crippen LogP contribution in [0.4, 0.5) is 0 Å². The summed E-state index contributed by atoms with van der Waals surface area (Å²) in [4.78, 5) is 15.1. The number of rotatable bonds is 2. The quantitative estimate of drug-likeness (QED) is 0.675. The van der Waals surface area contributed by atoms with Gasteiger partial charge in [-0.3, -0.25) is 4.79 Å². The van der Waals surface area contributed by atoms with Gasteiger partial charge in [-0.2, -0.15) is 0 Å². The predicted molar refractivity (Wildman–Crippen MR) is 50.7 cm³/mol. The lowest BCUT2D eigenvalue weighted by molar-refractivity contribution is -0.141. The van der Waals surface area contributed by atoms with Crippen molar-refractivity contribution in [2.75, 3.05) is 0 Å². The number of hydrogen-bond acceptors (Lipinski definition) is 3. The fourth-order valence-electron chi connectivity index (χ4n) is 1.73. The van der Waals surface area contributed by atoms with Gasteiger partial charge in [0.1, 0.15) is 6.10 Å². The minimum absolute atomic E-state index is 0.0904. The zero-order chi connectivity index (χ0) is 10.1. The summed E-state index contributed by atoms with van der Waals surface area (Å²) in [5, 5.41) is 0. The summed E-state index contributed by atoms with van der Waals surface area (Å²) >= 11 is 0. The Bertz CT molecular complexity index is 344. The molecule has 0 saturated carbocycles. The summed E-state index contributed by atoms with van der Waals surface area (Å²) in [6, 6.07) is 0.354. The molecule has 2 heterocycles. The molecule has 0 spiro atoms. The van der Waals surface area contributed by atoms with E-state index in [1.165, 1.54) is 0 Å². The summed E-state index contributed by atoms with van der Waals surface area (Å²) in [5.41, 5.74) is 1.01. The number of carbonyl (C=O) groups is 1. The van der Waals surface area contributed by atoms with Crippen molar-refractivity contribution in [3.63, 3.8) is 0 Å². The molecule has 1 aromatic heterocycles. The molecular weight excluding hydrogens is 180 g/mol. The lowest BCUT2D eigenvalue weighted by atomic mass is 10.2. The van der Waals surface area contributed by atoms with Crippen LogP contribution < -0.4 is 0 Å². The highest BCUT2D eigenvalue weighted by molar-refractivity contribution is 5.71. The van der Waals surface area contributed by atoms with Gasteiger partial charge in [0, 0.05) is 18.9 Å². The number of esters is 1. The third-order valence-corrected chi connectivity index (χ3v) is 2.47. The standard InChI is InChI=1S/C10H14N2O2/c1-7(2)12-6-11-5-8(12)9-3-4-10(13)14-9/h5-7,9H,3-4H2,1-2H3. The van der Waals surface area contributed by atoms with Gasteiger partial charge in [0.2, 0.25) is 0 Å². The zero-order valence-corrected chi connectivity index (χ0v) is 8.43. The van der Waals surface area contributed by atoms with Crippen LogP contribution in [0.2, 0.25) is 0 Å². The smallest absolute Gasteiger partial charge is 0.306 e. The van der Waals surface area contributed by atoms with E-state index in [0.29, 0.717) is 12.5 Å². The van der Waals surface area contributed by atoms with Crippen LogP contribution in [0.25, 0.3) is 0 Å². The highest BCUT2D eigenvalue weighted by Gasteiger charge is 2.27. The molecule has 14 heavy (non-hydrogen) atoms. The molecule has 76 valence electrons. The van der Waals surface area contributed by atoms with E-state index in [1.54, 1.807) is 12.5 Å². The topological polar surface area (TPSA) is 44.1 Å². The van der Waals surface area contributed by atoms with Crippen molar-refractivity contribution in [2.45, 2.75) is 38.8 Å². The van der Waals surface area contributed by atoms with Crippen molar-refractivity contribution in [1.29, 1.82) is 0 Å². The van der Waals surface area contributed by atoms with Crippen LogP contribution in [0.5, 0.6) is 0 Å². The van der Waals surface area contributed by atoms with E-state index in [0.717, 1.165) is 12.1 Å². The summed E-state index contributed by atoms with van der Waals surface area (Å²) in [6.07, 6.45) is 4.77. The van der Waals surface area contributed by atoms with E-state index in [1.807, 2.05) is 4.57 Å². The first-order chi connectivity index (χ1) is 6.68. The van der Waals surface area contributed by atoms with Crippen molar-refractivity contribution in [3.05, 3.63) is 18.2 Å². The van der Waals surface area contributed by atoms with E-state index in [-0.39, 0.29) is 12.1 Å². The molecule has 0 amide bonds. The van der Waals surface area contributed by atoms with Crippen LogP contribution in [0.15, 0.2) is 12.5 Å². The first-order valence-corrected chi connectivity index (χ1v) is 4.89. The third-order valence-electron chi connectivity index (χ3n) is 2.47. The molecule has 1 aliphatic heterocycles. The van der Waals surface area contributed by atoms with E-state index in [2.05, 4.69) is 18.8 Å². The maximum Gasteiger partial charge on any atom is 0.306 e. The predicted octanol–water partition coefficient (Wildman–Crippen LogP) is 1.84. The number of nitrogens with zero attached hydrogens (tertiary/aromatic N) is 2. The molecule has 1 unspecified atom stereocenters. The Balaban J connectivity index is 2.23. The van der Waals surface area contributed by atoms with Gasteiger partial charge in [-0.15, -0.1) is 0 Å². The molecular formula is C10H14N2O2. The molecule has 0 radical (unpaired) electrons. The highest BCUT2D eigenvalue weighted by Crippen LogP contribution is 2.30. The largest absolute Gasteiger partial charge is 0.456 e. The van der Waals surface area contributed by atoms with Gasteiger partial charge in [-0.05, 0) is 13.8 Å². The van der Waals surface area contributed by atoms with E-state index in [4.69, 9.17) is 4.74 Å². The molecule has 4 heteroatoms. The van der Waals surface area contributed by atoms with Crippen molar-refractivity contribution >= 4 is 5.97 Å². The summed E-state index contributed by atoms with van der Waals surface area (Å²) in [5.74, 6) is -0.105. The fourth-order valence-corrected chi connectivity index (χ4v) is 1.73. The monoisotopic (exact) mass is 194 g/mol. The van der Waals surface area contributed by atoms with Crippen molar-refractivity contribution in [1.82, 2.24) is 9.55 Å². The Morgan fingerprint density at radius 3 is 3.00 bits per heavy atom. The van der Waals surface area contributed by atoms with Crippen molar-refractivity contribution in [2.24, 2.45) is 0 Å². The van der Waals surface area contributed by atoms with Gasteiger partial charge in [-0.1, -0.05) is 0 Å². The van der Waals surface area contributed by atoms with E-state index >= 15 is 0 Å². The van der Waals surface area contributed by atoms with Gasteiger partial charge >= 0.3 is 5.97 Å². The Morgan fingerprint density at radius 1 is 1.64 bits per heavy atom. The molecule has 0 aromatic carbocycles. The lowest BCUT2D eigenvalue weighted by Crippen LogP contribution is -2.09. The maximum atomic E-state index is 11.0. The summed E-state index contributed by atoms with van der Waals surface area (Å²) in [7, 11) is 0. The average Bonchev–Trinajstić information content (AvgIpc) is 2.70. The molecule has 2 rings (SSSR count). The second kappa shape index (κ2) is 3.44. The Kier molecular flexibility index (Phi) is 2.27. The summed E-state index contributed by atoms with van der Waals surface area (Å²) in [6.45, 7) is 4.17. The molecule has 0 N–H and O–H groups in total. The Labute approximate surface area is 82.9 Å². The highest BCUT2D eigenvalue weighted by atomic mass is 16.5. The first-order valence-electron chi connectivity index (χ1n) is 4.89. The second-order valence-electron chi connectivity index (χ2n) is 3.84. The van der Waals surface area contributed by atoms with Gasteiger partial charge in [0.05, 0.1) is 18.2 Å². The van der Waals surface area contributed by atoms with Gasteiger partial charge in [-0.25, -0.2) is 4.98 Å². The fraction of sp³-hybridized carbons (Fsp3) is 0.600. The van der Waals surface area contributed by atoms with E-state index in [9.17, 15) is 4.79 Å². The minimum Gasteiger partial charge on any atom is -0.456 e. The van der Waals surface area contributed by atoms with Gasteiger partial charge in [0.25, 0.3) is 0 Å². The molecule has 1 fully saturated rings. The van der Waals surface area contributed by atoms with Crippen LogP contribution in [0, 0.1) is 0 Å². The first kappa shape index (κ1) is 9.24. The summed E-state index contributed by atoms with van der Waals surface area (Å²) < 4.78 is 7.24. The molecule has 1 aliphatic rings. The van der Waals surface area contributed by atoms with Crippen molar-refractivity contribution < 1.29 is 9.53 Å². The van der Waals surface area contributed by atoms with Crippen LogP contribution >= 0.6 is 0 Å². The Morgan fingerprint density at radius 2 is 2.43 bits per heavy atom. The van der Waals surface area contributed by atoms with Crippen molar-refractivity contribution in [3.8, 4) is 0 Å². The molecule has 4 nitrogen and oxygen atoms in total. The van der Waals surface area contributed by atoms with Crippen LogP contribution in [0.3, 0.4) is 0 Å². The van der Waals surface area contributed by atoms with E-state index < -0.39 is 0 Å². The maximum absolute atomic E-state index is 11.0. The molecule has 1 atom stereocenters. The van der Waals surface area contributed by atoms with Crippen LogP contribution in [0.1, 0.15) is 44.5 Å². The second-order valence-corrected chi connectivity index (χ2v) is 3.84.